The van der Waals surface area contributed by atoms with Crippen LogP contribution < -0.4 is 5.73 Å². The molecule has 2 unspecified atom stereocenters. The second-order valence-corrected chi connectivity index (χ2v) is 6.45. The average molecular weight is 303 g/mol. The third-order valence-electron chi connectivity index (χ3n) is 3.45. The van der Waals surface area contributed by atoms with Gasteiger partial charge in [-0.1, -0.05) is 40.5 Å². The standard InChI is InChI=1S/C13H17BrClN/c1-9-4-5-13(16,7-9)8-10-2-3-11(14)6-12(10)15/h2-3,6,9H,4-5,7-8,16H2,1H3. The molecule has 1 aromatic rings. The van der Waals surface area contributed by atoms with Gasteiger partial charge < -0.3 is 5.73 Å². The molecule has 0 heterocycles. The van der Waals surface area contributed by atoms with Crippen molar-refractivity contribution in [2.45, 2.75) is 38.1 Å². The zero-order valence-corrected chi connectivity index (χ0v) is 11.8. The lowest BCUT2D eigenvalue weighted by Crippen LogP contribution is -2.39. The predicted octanol–water partition coefficient (Wildman–Crippen LogP) is 4.16. The van der Waals surface area contributed by atoms with Crippen LogP contribution in [0.5, 0.6) is 0 Å². The molecule has 88 valence electrons. The fourth-order valence-corrected chi connectivity index (χ4v) is 3.38. The molecule has 2 atom stereocenters. The first-order valence-electron chi connectivity index (χ1n) is 5.71. The summed E-state index contributed by atoms with van der Waals surface area (Å²) >= 11 is 9.64. The van der Waals surface area contributed by atoms with Crippen LogP contribution in [0, 0.1) is 5.92 Å². The van der Waals surface area contributed by atoms with Crippen LogP contribution in [0.1, 0.15) is 31.7 Å². The van der Waals surface area contributed by atoms with Crippen LogP contribution in [-0.4, -0.2) is 5.54 Å². The van der Waals surface area contributed by atoms with Gasteiger partial charge in [-0.25, -0.2) is 0 Å². The van der Waals surface area contributed by atoms with Gasteiger partial charge in [-0.2, -0.15) is 0 Å². The van der Waals surface area contributed by atoms with Gasteiger partial charge in [0.1, 0.15) is 0 Å². The molecule has 0 aromatic heterocycles. The van der Waals surface area contributed by atoms with E-state index in [2.05, 4.69) is 28.9 Å². The minimum Gasteiger partial charge on any atom is -0.325 e. The molecule has 3 heteroatoms. The summed E-state index contributed by atoms with van der Waals surface area (Å²) in [6.45, 7) is 2.28. The maximum atomic E-state index is 6.42. The molecular weight excluding hydrogens is 286 g/mol. The number of rotatable bonds is 2. The van der Waals surface area contributed by atoms with Gasteiger partial charge in [0.05, 0.1) is 0 Å². The van der Waals surface area contributed by atoms with E-state index in [4.69, 9.17) is 17.3 Å². The maximum Gasteiger partial charge on any atom is 0.0449 e. The van der Waals surface area contributed by atoms with Crippen LogP contribution in [0.25, 0.3) is 0 Å². The summed E-state index contributed by atoms with van der Waals surface area (Å²) in [6.07, 6.45) is 4.36. The number of halogens is 2. The van der Waals surface area contributed by atoms with Crippen molar-refractivity contribution < 1.29 is 0 Å². The summed E-state index contributed by atoms with van der Waals surface area (Å²) in [5.41, 5.74) is 7.54. The zero-order valence-electron chi connectivity index (χ0n) is 9.47. The van der Waals surface area contributed by atoms with Crippen LogP contribution in [0.3, 0.4) is 0 Å². The molecule has 0 amide bonds. The summed E-state index contributed by atoms with van der Waals surface area (Å²) in [6, 6.07) is 6.05. The quantitative estimate of drug-likeness (QED) is 0.872. The topological polar surface area (TPSA) is 26.0 Å². The first-order valence-corrected chi connectivity index (χ1v) is 6.88. The minimum absolute atomic E-state index is 0.0448. The monoisotopic (exact) mass is 301 g/mol. The van der Waals surface area contributed by atoms with Gasteiger partial charge in [0.25, 0.3) is 0 Å². The number of nitrogens with two attached hydrogens (primary N) is 1. The summed E-state index contributed by atoms with van der Waals surface area (Å²) in [4.78, 5) is 0. The smallest absolute Gasteiger partial charge is 0.0449 e. The van der Waals surface area contributed by atoms with Crippen molar-refractivity contribution in [1.29, 1.82) is 0 Å². The Bertz CT molecular complexity index is 394. The van der Waals surface area contributed by atoms with Crippen molar-refractivity contribution in [1.82, 2.24) is 0 Å². The Morgan fingerprint density at radius 1 is 1.56 bits per heavy atom. The van der Waals surface area contributed by atoms with Crippen molar-refractivity contribution in [3.8, 4) is 0 Å². The van der Waals surface area contributed by atoms with Gasteiger partial charge in [0, 0.05) is 15.0 Å². The Balaban J connectivity index is 2.14. The lowest BCUT2D eigenvalue weighted by molar-refractivity contribution is 0.419. The molecule has 0 spiro atoms. The summed E-state index contributed by atoms with van der Waals surface area (Å²) < 4.78 is 1.02. The third kappa shape index (κ3) is 2.79. The highest BCUT2D eigenvalue weighted by molar-refractivity contribution is 9.10. The summed E-state index contributed by atoms with van der Waals surface area (Å²) in [7, 11) is 0. The fourth-order valence-electron chi connectivity index (χ4n) is 2.64. The molecule has 0 saturated heterocycles. The van der Waals surface area contributed by atoms with Gasteiger partial charge in [-0.05, 0) is 49.3 Å². The van der Waals surface area contributed by atoms with Gasteiger partial charge in [0.15, 0.2) is 0 Å². The van der Waals surface area contributed by atoms with E-state index >= 15 is 0 Å². The summed E-state index contributed by atoms with van der Waals surface area (Å²) in [5.74, 6) is 0.749. The Morgan fingerprint density at radius 3 is 2.88 bits per heavy atom. The molecule has 1 nitrogen and oxygen atoms in total. The normalized spacial score (nSPS) is 29.6. The summed E-state index contributed by atoms with van der Waals surface area (Å²) in [5, 5.41) is 0.818. The van der Waals surface area contributed by atoms with E-state index in [9.17, 15) is 0 Å². The highest BCUT2D eigenvalue weighted by Gasteiger charge is 2.33. The molecule has 0 aliphatic heterocycles. The molecule has 1 aliphatic rings. The second-order valence-electron chi connectivity index (χ2n) is 5.12. The van der Waals surface area contributed by atoms with Crippen molar-refractivity contribution >= 4 is 27.5 Å². The molecule has 1 aliphatic carbocycles. The minimum atomic E-state index is -0.0448. The zero-order chi connectivity index (χ0) is 11.8. The van der Waals surface area contributed by atoms with Crippen LogP contribution in [0.4, 0.5) is 0 Å². The van der Waals surface area contributed by atoms with E-state index in [0.29, 0.717) is 0 Å². The molecule has 16 heavy (non-hydrogen) atoms. The second kappa shape index (κ2) is 4.67. The Kier molecular flexibility index (Phi) is 3.62. The third-order valence-corrected chi connectivity index (χ3v) is 4.29. The molecule has 1 aromatic carbocycles. The SMILES string of the molecule is CC1CCC(N)(Cc2ccc(Br)cc2Cl)C1. The highest BCUT2D eigenvalue weighted by atomic mass is 79.9. The fraction of sp³-hybridized carbons (Fsp3) is 0.538. The predicted molar refractivity (Wildman–Crippen MR) is 72.8 cm³/mol. The van der Waals surface area contributed by atoms with E-state index in [1.54, 1.807) is 0 Å². The van der Waals surface area contributed by atoms with E-state index in [1.165, 1.54) is 12.0 Å². The molecule has 1 fully saturated rings. The molecule has 0 bridgehead atoms. The van der Waals surface area contributed by atoms with Gasteiger partial charge in [0.2, 0.25) is 0 Å². The first kappa shape index (κ1) is 12.4. The Hall–Kier alpha value is -0.0500. The Morgan fingerprint density at radius 2 is 2.31 bits per heavy atom. The average Bonchev–Trinajstić information content (AvgIpc) is 2.52. The highest BCUT2D eigenvalue weighted by Crippen LogP contribution is 2.36. The molecule has 2 rings (SSSR count). The number of benzene rings is 1. The lowest BCUT2D eigenvalue weighted by atomic mass is 9.89. The van der Waals surface area contributed by atoms with E-state index in [-0.39, 0.29) is 5.54 Å². The molecular formula is C13H17BrClN. The van der Waals surface area contributed by atoms with Gasteiger partial charge >= 0.3 is 0 Å². The molecule has 2 N–H and O–H groups in total. The molecule has 0 radical (unpaired) electrons. The van der Waals surface area contributed by atoms with Crippen molar-refractivity contribution in [3.05, 3.63) is 33.3 Å². The van der Waals surface area contributed by atoms with Crippen LogP contribution in [-0.2, 0) is 6.42 Å². The van der Waals surface area contributed by atoms with Gasteiger partial charge in [-0.15, -0.1) is 0 Å². The van der Waals surface area contributed by atoms with Crippen LogP contribution in [0.15, 0.2) is 22.7 Å². The van der Waals surface area contributed by atoms with E-state index < -0.39 is 0 Å². The number of hydrogen-bond donors (Lipinski definition) is 1. The first-order chi connectivity index (χ1) is 7.48. The molecule has 1 saturated carbocycles. The largest absolute Gasteiger partial charge is 0.325 e. The van der Waals surface area contributed by atoms with Crippen molar-refractivity contribution in [3.63, 3.8) is 0 Å². The van der Waals surface area contributed by atoms with Crippen LogP contribution in [0.2, 0.25) is 5.02 Å². The van der Waals surface area contributed by atoms with Crippen LogP contribution >= 0.6 is 27.5 Å². The van der Waals surface area contributed by atoms with Crippen molar-refractivity contribution in [2.75, 3.05) is 0 Å². The van der Waals surface area contributed by atoms with E-state index in [1.807, 2.05) is 12.1 Å². The van der Waals surface area contributed by atoms with Crippen molar-refractivity contribution in [2.24, 2.45) is 11.7 Å². The van der Waals surface area contributed by atoms with E-state index in [0.717, 1.165) is 34.7 Å². The Labute approximate surface area is 110 Å². The maximum absolute atomic E-state index is 6.42. The lowest BCUT2D eigenvalue weighted by Gasteiger charge is -2.24. The van der Waals surface area contributed by atoms with Gasteiger partial charge in [-0.3, -0.25) is 0 Å². The number of hydrogen-bond acceptors (Lipinski definition) is 1.